The Morgan fingerprint density at radius 3 is 2.70 bits per heavy atom. The van der Waals surface area contributed by atoms with Crippen LogP contribution in [0.15, 0.2) is 30.3 Å². The van der Waals surface area contributed by atoms with Crippen LogP contribution in [0, 0.1) is 0 Å². The number of hydrogen-bond donors (Lipinski definition) is 5. The van der Waals surface area contributed by atoms with E-state index >= 15 is 0 Å². The second-order valence-electron chi connectivity index (χ2n) is 5.83. The van der Waals surface area contributed by atoms with Crippen LogP contribution in [-0.4, -0.2) is 63.3 Å². The quantitative estimate of drug-likeness (QED) is 0.536. The third-order valence-corrected chi connectivity index (χ3v) is 4.19. The van der Waals surface area contributed by atoms with E-state index in [0.29, 0.717) is 5.69 Å². The summed E-state index contributed by atoms with van der Waals surface area (Å²) in [7, 11) is 0. The molecule has 7 heteroatoms. The van der Waals surface area contributed by atoms with Gasteiger partial charge in [0.2, 0.25) is 0 Å². The number of rotatable bonds is 3. The van der Waals surface area contributed by atoms with Gasteiger partial charge in [-0.1, -0.05) is 18.2 Å². The molecule has 1 aliphatic rings. The number of aromatic nitrogens is 1. The van der Waals surface area contributed by atoms with Gasteiger partial charge in [-0.25, -0.2) is 0 Å². The zero-order valence-corrected chi connectivity index (χ0v) is 12.6. The molecule has 1 aromatic carbocycles. The molecule has 0 unspecified atom stereocenters. The molecule has 124 valence electrons. The number of para-hydroxylation sites is 1. The lowest BCUT2D eigenvalue weighted by Gasteiger charge is -2.39. The average Bonchev–Trinajstić information content (AvgIpc) is 2.99. The van der Waals surface area contributed by atoms with Crippen molar-refractivity contribution in [2.45, 2.75) is 37.4 Å². The number of nitrogens with one attached hydrogen (secondary N) is 2. The summed E-state index contributed by atoms with van der Waals surface area (Å²) in [6, 6.07) is 9.28. The molecule has 0 aliphatic carbocycles. The van der Waals surface area contributed by atoms with Gasteiger partial charge >= 0.3 is 0 Å². The molecular formula is C16H20N2O5. The van der Waals surface area contributed by atoms with Gasteiger partial charge in [-0.05, 0) is 19.1 Å². The maximum absolute atomic E-state index is 12.2. The standard InChI is InChI=1S/C16H20N2O5/c1-8-13(19)15(21)14(20)12(23-8)7-17-16(22)11-6-9-4-2-3-5-10(9)18-11/h2-6,8,12-15,18-21H,7H2,1H3,(H,17,22)/t8-,12+,13+,14+,15+/m0/s1. The van der Waals surface area contributed by atoms with Gasteiger partial charge in [0.25, 0.3) is 5.91 Å². The Morgan fingerprint density at radius 1 is 1.22 bits per heavy atom. The molecule has 1 amide bonds. The minimum absolute atomic E-state index is 0.0312. The van der Waals surface area contributed by atoms with Crippen LogP contribution in [0.2, 0.25) is 0 Å². The lowest BCUT2D eigenvalue weighted by Crippen LogP contribution is -2.59. The predicted octanol–water partition coefficient (Wildman–Crippen LogP) is -0.232. The Hall–Kier alpha value is -1.93. The Bertz CT molecular complexity index is 668. The van der Waals surface area contributed by atoms with Crippen LogP contribution in [0.5, 0.6) is 0 Å². The Morgan fingerprint density at radius 2 is 1.96 bits per heavy atom. The minimum atomic E-state index is -1.30. The van der Waals surface area contributed by atoms with E-state index in [1.165, 1.54) is 0 Å². The number of aromatic amines is 1. The van der Waals surface area contributed by atoms with Crippen molar-refractivity contribution >= 4 is 16.8 Å². The third-order valence-electron chi connectivity index (χ3n) is 4.19. The van der Waals surface area contributed by atoms with E-state index < -0.39 is 30.5 Å². The van der Waals surface area contributed by atoms with E-state index in [9.17, 15) is 20.1 Å². The fourth-order valence-electron chi connectivity index (χ4n) is 2.79. The number of aliphatic hydroxyl groups is 3. The molecule has 23 heavy (non-hydrogen) atoms. The van der Waals surface area contributed by atoms with Crippen molar-refractivity contribution in [1.82, 2.24) is 10.3 Å². The number of ether oxygens (including phenoxy) is 1. The zero-order chi connectivity index (χ0) is 16.6. The van der Waals surface area contributed by atoms with Crippen molar-refractivity contribution in [3.05, 3.63) is 36.0 Å². The van der Waals surface area contributed by atoms with Crippen molar-refractivity contribution < 1.29 is 24.9 Å². The third kappa shape index (κ3) is 3.09. The van der Waals surface area contributed by atoms with Crippen LogP contribution >= 0.6 is 0 Å². The molecule has 0 radical (unpaired) electrons. The van der Waals surface area contributed by atoms with Gasteiger partial charge < -0.3 is 30.4 Å². The summed E-state index contributed by atoms with van der Waals surface area (Å²) in [5.41, 5.74) is 1.27. The molecule has 0 bridgehead atoms. The molecule has 2 aromatic rings. The lowest BCUT2D eigenvalue weighted by molar-refractivity contribution is -0.214. The topological polar surface area (TPSA) is 115 Å². The van der Waals surface area contributed by atoms with Gasteiger partial charge in [0.1, 0.15) is 30.1 Å². The molecule has 0 spiro atoms. The molecule has 1 aromatic heterocycles. The van der Waals surface area contributed by atoms with E-state index in [1.54, 1.807) is 13.0 Å². The number of aliphatic hydroxyl groups excluding tert-OH is 3. The van der Waals surface area contributed by atoms with Crippen molar-refractivity contribution in [2.75, 3.05) is 6.54 Å². The number of carbonyl (C=O) groups is 1. The minimum Gasteiger partial charge on any atom is -0.388 e. The molecule has 3 rings (SSSR count). The molecular weight excluding hydrogens is 300 g/mol. The van der Waals surface area contributed by atoms with Crippen LogP contribution in [0.3, 0.4) is 0 Å². The van der Waals surface area contributed by atoms with E-state index in [2.05, 4.69) is 10.3 Å². The number of amides is 1. The molecule has 7 nitrogen and oxygen atoms in total. The van der Waals surface area contributed by atoms with E-state index in [0.717, 1.165) is 10.9 Å². The number of hydrogen-bond acceptors (Lipinski definition) is 5. The molecule has 0 saturated carbocycles. The normalized spacial score (nSPS) is 31.2. The highest BCUT2D eigenvalue weighted by Gasteiger charge is 2.41. The molecule has 1 fully saturated rings. The largest absolute Gasteiger partial charge is 0.388 e. The van der Waals surface area contributed by atoms with E-state index in [-0.39, 0.29) is 12.5 Å². The number of H-pyrrole nitrogens is 1. The zero-order valence-electron chi connectivity index (χ0n) is 12.6. The summed E-state index contributed by atoms with van der Waals surface area (Å²) in [5, 5.41) is 32.9. The Balaban J connectivity index is 1.64. The van der Waals surface area contributed by atoms with Crippen molar-refractivity contribution in [1.29, 1.82) is 0 Å². The van der Waals surface area contributed by atoms with Gasteiger partial charge in [0.15, 0.2) is 0 Å². The van der Waals surface area contributed by atoms with Crippen molar-refractivity contribution in [3.63, 3.8) is 0 Å². The summed E-state index contributed by atoms with van der Waals surface area (Å²) >= 11 is 0. The number of carbonyl (C=O) groups excluding carboxylic acids is 1. The maximum atomic E-state index is 12.2. The van der Waals surface area contributed by atoms with Gasteiger partial charge in [-0.3, -0.25) is 4.79 Å². The molecule has 1 aliphatic heterocycles. The summed E-state index contributed by atoms with van der Waals surface area (Å²) < 4.78 is 5.44. The first-order valence-electron chi connectivity index (χ1n) is 7.53. The summed E-state index contributed by atoms with van der Waals surface area (Å²) in [6.07, 6.45) is -5.11. The van der Waals surface area contributed by atoms with Gasteiger partial charge in [0.05, 0.1) is 6.10 Å². The Labute approximate surface area is 132 Å². The average molecular weight is 320 g/mol. The van der Waals surface area contributed by atoms with Crippen LogP contribution in [0.25, 0.3) is 10.9 Å². The predicted molar refractivity (Wildman–Crippen MR) is 83.0 cm³/mol. The van der Waals surface area contributed by atoms with E-state index in [4.69, 9.17) is 4.74 Å². The van der Waals surface area contributed by atoms with Crippen LogP contribution in [0.4, 0.5) is 0 Å². The van der Waals surface area contributed by atoms with E-state index in [1.807, 2.05) is 24.3 Å². The fraction of sp³-hybridized carbons (Fsp3) is 0.438. The summed E-state index contributed by atoms with van der Waals surface area (Å²) in [4.78, 5) is 15.2. The second-order valence-corrected chi connectivity index (χ2v) is 5.83. The van der Waals surface area contributed by atoms with Gasteiger partial charge in [0, 0.05) is 17.4 Å². The highest BCUT2D eigenvalue weighted by atomic mass is 16.5. The fourth-order valence-corrected chi connectivity index (χ4v) is 2.79. The SMILES string of the molecule is C[C@@H]1O[C@H](CNC(=O)c2cc3ccccc3[nH]2)[C@@H](O)[C@H](O)[C@@H]1O. The number of benzene rings is 1. The smallest absolute Gasteiger partial charge is 0.267 e. The molecule has 5 N–H and O–H groups in total. The highest BCUT2D eigenvalue weighted by molar-refractivity contribution is 5.97. The summed E-state index contributed by atoms with van der Waals surface area (Å²) in [6.45, 7) is 1.63. The number of fused-ring (bicyclic) bond motifs is 1. The van der Waals surface area contributed by atoms with Crippen LogP contribution in [0.1, 0.15) is 17.4 Å². The summed E-state index contributed by atoms with van der Waals surface area (Å²) in [5.74, 6) is -0.328. The van der Waals surface area contributed by atoms with Crippen molar-refractivity contribution in [2.24, 2.45) is 0 Å². The Kier molecular flexibility index (Phi) is 4.36. The molecule has 2 heterocycles. The van der Waals surface area contributed by atoms with Gasteiger partial charge in [-0.2, -0.15) is 0 Å². The van der Waals surface area contributed by atoms with Crippen molar-refractivity contribution in [3.8, 4) is 0 Å². The monoisotopic (exact) mass is 320 g/mol. The first-order chi connectivity index (χ1) is 11.0. The van der Waals surface area contributed by atoms with Gasteiger partial charge in [-0.15, -0.1) is 0 Å². The van der Waals surface area contributed by atoms with Crippen LogP contribution in [-0.2, 0) is 4.74 Å². The highest BCUT2D eigenvalue weighted by Crippen LogP contribution is 2.20. The maximum Gasteiger partial charge on any atom is 0.267 e. The second kappa shape index (κ2) is 6.29. The first-order valence-corrected chi connectivity index (χ1v) is 7.53. The molecule has 5 atom stereocenters. The molecule has 1 saturated heterocycles. The first kappa shape index (κ1) is 15.9. The lowest BCUT2D eigenvalue weighted by atomic mass is 9.95. The van der Waals surface area contributed by atoms with Crippen LogP contribution < -0.4 is 5.32 Å².